The van der Waals surface area contributed by atoms with E-state index in [0.717, 1.165) is 21.9 Å². The summed E-state index contributed by atoms with van der Waals surface area (Å²) in [6.07, 6.45) is 6.17. The molecule has 48 heavy (non-hydrogen) atoms. The number of ether oxygens (including phenoxy) is 4. The third-order valence-electron chi connectivity index (χ3n) is 7.52. The number of carbonyl (C=O) groups is 1. The molecule has 0 saturated heterocycles. The molecule has 14 heteroatoms. The lowest BCUT2D eigenvalue weighted by atomic mass is 10.1. The number of carbonyl (C=O) groups excluding carboxylic acids is 1. The predicted octanol–water partition coefficient (Wildman–Crippen LogP) is 7.22. The Labute approximate surface area is 288 Å². The zero-order valence-electron chi connectivity index (χ0n) is 27.1. The lowest BCUT2D eigenvalue weighted by Crippen LogP contribution is -2.20. The van der Waals surface area contributed by atoms with Crippen molar-refractivity contribution in [2.75, 3.05) is 44.4 Å². The quantitative estimate of drug-likeness (QED) is 0.0809. The maximum Gasteiger partial charge on any atom is 0.247 e. The van der Waals surface area contributed by atoms with Gasteiger partial charge in [0.15, 0.2) is 6.29 Å². The van der Waals surface area contributed by atoms with Gasteiger partial charge in [-0.1, -0.05) is 41.9 Å². The van der Waals surface area contributed by atoms with Crippen LogP contribution in [-0.2, 0) is 27.4 Å². The number of aryl methyl sites for hydroxylation is 1. The first-order valence-corrected chi connectivity index (χ1v) is 15.5. The molecule has 0 bridgehead atoms. The van der Waals surface area contributed by atoms with Crippen LogP contribution >= 0.6 is 23.2 Å². The van der Waals surface area contributed by atoms with E-state index in [4.69, 9.17) is 47.1 Å². The van der Waals surface area contributed by atoms with Crippen LogP contribution in [-0.4, -0.2) is 60.4 Å². The molecule has 1 amide bonds. The molecule has 0 atom stereocenters. The highest BCUT2D eigenvalue weighted by Gasteiger charge is 2.22. The molecule has 0 saturated carbocycles. The fourth-order valence-electron chi connectivity index (χ4n) is 5.02. The van der Waals surface area contributed by atoms with Crippen molar-refractivity contribution in [3.8, 4) is 22.8 Å². The van der Waals surface area contributed by atoms with Crippen LogP contribution in [0.15, 0.2) is 67.6 Å². The van der Waals surface area contributed by atoms with Gasteiger partial charge in [0.1, 0.15) is 23.1 Å². The van der Waals surface area contributed by atoms with E-state index in [1.807, 2.05) is 37.4 Å². The lowest BCUT2D eigenvalue weighted by Gasteiger charge is -2.18. The van der Waals surface area contributed by atoms with E-state index in [1.54, 1.807) is 43.4 Å². The van der Waals surface area contributed by atoms with E-state index < -0.39 is 6.29 Å². The Bertz CT molecular complexity index is 1930. The van der Waals surface area contributed by atoms with E-state index in [0.29, 0.717) is 58.9 Å². The van der Waals surface area contributed by atoms with Crippen molar-refractivity contribution in [3.63, 3.8) is 0 Å². The standard InChI is InChI=1S/C34H35Cl2N7O5/c1-7-28(44)40-23-10-8-9-19(2)33(23)42-27-12-22-21(16-37-27)11-24(30-31(35)25(45-3)13-26(46-4)32(30)36)41-34(22)38-14-20-15-39-43(17-20)18-29(47-5)48-6/h7-13,15-17,29H,1,14,18H2,2-6H3,(H,37,42)(H,38,41)(H,40,44). The van der Waals surface area contributed by atoms with Crippen molar-refractivity contribution in [3.05, 3.63) is 88.8 Å². The first-order valence-electron chi connectivity index (χ1n) is 14.7. The van der Waals surface area contributed by atoms with Gasteiger partial charge in [-0.15, -0.1) is 0 Å². The van der Waals surface area contributed by atoms with Crippen molar-refractivity contribution in [2.24, 2.45) is 0 Å². The highest BCUT2D eigenvalue weighted by molar-refractivity contribution is 6.41. The average Bonchev–Trinajstić information content (AvgIpc) is 3.55. The molecule has 5 aromatic rings. The van der Waals surface area contributed by atoms with Crippen LogP contribution in [0.3, 0.4) is 0 Å². The summed E-state index contributed by atoms with van der Waals surface area (Å²) in [4.78, 5) is 21.8. The minimum Gasteiger partial charge on any atom is -0.495 e. The van der Waals surface area contributed by atoms with Gasteiger partial charge in [0.05, 0.1) is 54.1 Å². The van der Waals surface area contributed by atoms with Crippen LogP contribution in [0.1, 0.15) is 11.1 Å². The van der Waals surface area contributed by atoms with Crippen LogP contribution in [0.4, 0.5) is 23.0 Å². The van der Waals surface area contributed by atoms with E-state index in [2.05, 4.69) is 32.6 Å². The van der Waals surface area contributed by atoms with Gasteiger partial charge in [-0.25, -0.2) is 9.97 Å². The molecule has 0 spiro atoms. The number of hydrogen-bond donors (Lipinski definition) is 3. The minimum atomic E-state index is -0.431. The minimum absolute atomic E-state index is 0.285. The summed E-state index contributed by atoms with van der Waals surface area (Å²) < 4.78 is 23.4. The molecular weight excluding hydrogens is 657 g/mol. The summed E-state index contributed by atoms with van der Waals surface area (Å²) in [6.45, 7) is 6.30. The van der Waals surface area contributed by atoms with Gasteiger partial charge in [0.2, 0.25) is 5.91 Å². The van der Waals surface area contributed by atoms with E-state index >= 15 is 0 Å². The Kier molecular flexibility index (Phi) is 11.0. The summed E-state index contributed by atoms with van der Waals surface area (Å²) in [5.74, 6) is 1.51. The fraction of sp³-hybridized carbons (Fsp3) is 0.235. The highest BCUT2D eigenvalue weighted by Crippen LogP contribution is 2.46. The summed E-state index contributed by atoms with van der Waals surface area (Å²) in [5.41, 5.74) is 4.01. The molecule has 5 rings (SSSR count). The molecule has 0 aliphatic carbocycles. The maximum absolute atomic E-state index is 12.1. The summed E-state index contributed by atoms with van der Waals surface area (Å²) in [6, 6.07) is 10.9. The van der Waals surface area contributed by atoms with Crippen LogP contribution in [0.2, 0.25) is 10.0 Å². The molecule has 0 aliphatic rings. The number of anilines is 4. The van der Waals surface area contributed by atoms with Crippen molar-refractivity contribution in [1.29, 1.82) is 0 Å². The van der Waals surface area contributed by atoms with Gasteiger partial charge in [-0.3, -0.25) is 9.48 Å². The molecule has 12 nitrogen and oxygen atoms in total. The van der Waals surface area contributed by atoms with Crippen LogP contribution < -0.4 is 25.4 Å². The molecule has 0 fully saturated rings. The normalized spacial score (nSPS) is 11.1. The number of nitrogens with zero attached hydrogens (tertiary/aromatic N) is 4. The van der Waals surface area contributed by atoms with Crippen molar-refractivity contribution >= 4 is 62.9 Å². The number of fused-ring (bicyclic) bond motifs is 1. The van der Waals surface area contributed by atoms with E-state index in [-0.39, 0.29) is 16.0 Å². The molecule has 3 heterocycles. The number of methoxy groups -OCH3 is 4. The molecule has 2 aromatic carbocycles. The number of para-hydroxylation sites is 1. The first-order chi connectivity index (χ1) is 23.2. The van der Waals surface area contributed by atoms with E-state index in [1.165, 1.54) is 20.3 Å². The summed E-state index contributed by atoms with van der Waals surface area (Å²) in [7, 11) is 6.19. The molecule has 0 unspecified atom stereocenters. The molecule has 3 N–H and O–H groups in total. The number of amides is 1. The van der Waals surface area contributed by atoms with Crippen LogP contribution in [0.5, 0.6) is 11.5 Å². The summed E-state index contributed by atoms with van der Waals surface area (Å²) in [5, 5.41) is 16.2. The van der Waals surface area contributed by atoms with E-state index in [9.17, 15) is 4.79 Å². The van der Waals surface area contributed by atoms with Gasteiger partial charge >= 0.3 is 0 Å². The fourth-order valence-corrected chi connectivity index (χ4v) is 5.71. The number of halogens is 2. The molecule has 0 radical (unpaired) electrons. The number of nitrogens with one attached hydrogen (secondary N) is 3. The maximum atomic E-state index is 12.1. The summed E-state index contributed by atoms with van der Waals surface area (Å²) >= 11 is 13.6. The highest BCUT2D eigenvalue weighted by atomic mass is 35.5. The number of rotatable bonds is 14. The van der Waals surface area contributed by atoms with Crippen LogP contribution in [0, 0.1) is 6.92 Å². The van der Waals surface area contributed by atoms with Crippen molar-refractivity contribution in [1.82, 2.24) is 19.7 Å². The number of benzene rings is 2. The Morgan fingerprint density at radius 1 is 1.04 bits per heavy atom. The topological polar surface area (TPSA) is 134 Å². The monoisotopic (exact) mass is 691 g/mol. The first kappa shape index (κ1) is 34.5. The largest absolute Gasteiger partial charge is 0.495 e. The third-order valence-corrected chi connectivity index (χ3v) is 8.27. The number of pyridine rings is 2. The Hall–Kier alpha value is -4.88. The number of aromatic nitrogens is 4. The average molecular weight is 693 g/mol. The lowest BCUT2D eigenvalue weighted by molar-refractivity contribution is -0.112. The second kappa shape index (κ2) is 15.3. The third kappa shape index (κ3) is 7.47. The van der Waals surface area contributed by atoms with Gasteiger partial charge in [0.25, 0.3) is 0 Å². The van der Waals surface area contributed by atoms with Crippen LogP contribution in [0.25, 0.3) is 22.0 Å². The van der Waals surface area contributed by atoms with Crippen molar-refractivity contribution < 1.29 is 23.7 Å². The SMILES string of the molecule is C=CC(=O)Nc1cccc(C)c1Nc1cc2c(NCc3cnn(CC(OC)OC)c3)nc(-c3c(Cl)c(OC)cc(OC)c3Cl)cc2cn1. The zero-order chi connectivity index (χ0) is 34.4. The Morgan fingerprint density at radius 2 is 1.77 bits per heavy atom. The second-order valence-electron chi connectivity index (χ2n) is 10.6. The Balaban J connectivity index is 1.59. The molecule has 0 aliphatic heterocycles. The smallest absolute Gasteiger partial charge is 0.247 e. The second-order valence-corrected chi connectivity index (χ2v) is 11.3. The Morgan fingerprint density at radius 3 is 2.44 bits per heavy atom. The number of hydrogen-bond acceptors (Lipinski definition) is 10. The van der Waals surface area contributed by atoms with Crippen molar-refractivity contribution in [2.45, 2.75) is 26.3 Å². The van der Waals surface area contributed by atoms with Gasteiger partial charge < -0.3 is 34.9 Å². The molecule has 250 valence electrons. The van der Waals surface area contributed by atoms with Gasteiger partial charge in [0, 0.05) is 61.1 Å². The van der Waals surface area contributed by atoms with Gasteiger partial charge in [-0.05, 0) is 36.8 Å². The zero-order valence-corrected chi connectivity index (χ0v) is 28.6. The molecular formula is C34H35Cl2N7O5. The molecule has 3 aromatic heterocycles. The van der Waals surface area contributed by atoms with Gasteiger partial charge in [-0.2, -0.15) is 5.10 Å². The predicted molar refractivity (Wildman–Crippen MR) is 189 cm³/mol.